The molecule has 0 bridgehead atoms. The van der Waals surface area contributed by atoms with Crippen LogP contribution in [-0.4, -0.2) is 29.3 Å². The van der Waals surface area contributed by atoms with Gasteiger partial charge in [0.15, 0.2) is 5.76 Å². The molecule has 0 radical (unpaired) electrons. The highest BCUT2D eigenvalue weighted by Crippen LogP contribution is 2.47. The largest absolute Gasteiger partial charge is 0.459 e. The fourth-order valence-electron chi connectivity index (χ4n) is 4.40. The third-order valence-corrected chi connectivity index (χ3v) is 6.38. The Morgan fingerprint density at radius 2 is 1.70 bits per heavy atom. The van der Waals surface area contributed by atoms with E-state index in [9.17, 15) is 9.59 Å². The average molecular weight is 400 g/mol. The Bertz CT molecular complexity index is 1060. The smallest absolute Gasteiger partial charge is 0.290 e. The summed E-state index contributed by atoms with van der Waals surface area (Å²) < 4.78 is 5.32. The minimum absolute atomic E-state index is 0.0271. The van der Waals surface area contributed by atoms with E-state index in [-0.39, 0.29) is 23.0 Å². The van der Waals surface area contributed by atoms with Crippen molar-refractivity contribution in [2.45, 2.75) is 37.3 Å². The molecule has 0 saturated heterocycles. The minimum atomic E-state index is -0.552. The number of amides is 2. The molecule has 30 heavy (non-hydrogen) atoms. The van der Waals surface area contributed by atoms with E-state index < -0.39 is 6.04 Å². The number of furan rings is 1. The fraction of sp³-hybridized carbons (Fsp3) is 0.280. The number of carbonyl (C=O) groups is 2. The normalized spacial score (nSPS) is 19.1. The summed E-state index contributed by atoms with van der Waals surface area (Å²) in [7, 11) is 0. The predicted octanol–water partition coefficient (Wildman–Crippen LogP) is 3.69. The van der Waals surface area contributed by atoms with Crippen molar-refractivity contribution >= 4 is 11.8 Å². The van der Waals surface area contributed by atoms with Gasteiger partial charge < -0.3 is 14.6 Å². The maximum absolute atomic E-state index is 13.3. The zero-order valence-electron chi connectivity index (χ0n) is 16.7. The van der Waals surface area contributed by atoms with Crippen LogP contribution in [0, 0.1) is 0 Å². The SMILES string of the molecule is O=C(NCC1(c2ccccc2)CC1)[C@@H]1Cc2ccccc2CN1C(=O)c1ccco1. The molecule has 152 valence electrons. The number of fused-ring (bicyclic) bond motifs is 1. The first-order valence-corrected chi connectivity index (χ1v) is 10.4. The Hall–Kier alpha value is -3.34. The second-order valence-electron chi connectivity index (χ2n) is 8.26. The van der Waals surface area contributed by atoms with E-state index >= 15 is 0 Å². The molecular formula is C25H24N2O3. The number of benzene rings is 2. The first-order valence-electron chi connectivity index (χ1n) is 10.4. The summed E-state index contributed by atoms with van der Waals surface area (Å²) in [6.45, 7) is 0.994. The van der Waals surface area contributed by atoms with Crippen LogP contribution in [0.5, 0.6) is 0 Å². The summed E-state index contributed by atoms with van der Waals surface area (Å²) in [5, 5.41) is 3.15. The number of nitrogens with zero attached hydrogens (tertiary/aromatic N) is 1. The van der Waals surface area contributed by atoms with Crippen LogP contribution < -0.4 is 5.32 Å². The molecule has 1 aliphatic carbocycles. The van der Waals surface area contributed by atoms with E-state index in [1.165, 1.54) is 11.8 Å². The van der Waals surface area contributed by atoms with Gasteiger partial charge >= 0.3 is 0 Å². The van der Waals surface area contributed by atoms with E-state index in [1.54, 1.807) is 17.0 Å². The lowest BCUT2D eigenvalue weighted by Crippen LogP contribution is -2.53. The van der Waals surface area contributed by atoms with Gasteiger partial charge in [0.2, 0.25) is 5.91 Å². The second-order valence-corrected chi connectivity index (χ2v) is 8.26. The molecule has 3 aromatic rings. The molecule has 2 aromatic carbocycles. The van der Waals surface area contributed by atoms with Crippen molar-refractivity contribution in [3.05, 3.63) is 95.4 Å². The molecule has 1 atom stereocenters. The van der Waals surface area contributed by atoms with E-state index in [0.717, 1.165) is 24.0 Å². The molecule has 5 heteroatoms. The van der Waals surface area contributed by atoms with Crippen LogP contribution in [0.3, 0.4) is 0 Å². The molecule has 5 nitrogen and oxygen atoms in total. The molecule has 2 heterocycles. The van der Waals surface area contributed by atoms with Crippen LogP contribution in [0.15, 0.2) is 77.4 Å². The summed E-state index contributed by atoms with van der Waals surface area (Å²) in [6, 6.07) is 21.1. The van der Waals surface area contributed by atoms with Gasteiger partial charge in [-0.2, -0.15) is 0 Å². The van der Waals surface area contributed by atoms with Gasteiger partial charge in [-0.25, -0.2) is 0 Å². The average Bonchev–Trinajstić information content (AvgIpc) is 3.39. The topological polar surface area (TPSA) is 62.6 Å². The lowest BCUT2D eigenvalue weighted by molar-refractivity contribution is -0.126. The fourth-order valence-corrected chi connectivity index (χ4v) is 4.40. The minimum Gasteiger partial charge on any atom is -0.459 e. The van der Waals surface area contributed by atoms with E-state index in [2.05, 4.69) is 17.4 Å². The third kappa shape index (κ3) is 3.41. The highest BCUT2D eigenvalue weighted by atomic mass is 16.3. The molecule has 1 N–H and O–H groups in total. The second kappa shape index (κ2) is 7.48. The van der Waals surface area contributed by atoms with Crippen molar-refractivity contribution in [2.75, 3.05) is 6.54 Å². The van der Waals surface area contributed by atoms with Gasteiger partial charge in [-0.1, -0.05) is 54.6 Å². The maximum Gasteiger partial charge on any atom is 0.290 e. The van der Waals surface area contributed by atoms with Crippen LogP contribution in [0.2, 0.25) is 0 Å². The molecular weight excluding hydrogens is 376 g/mol. The van der Waals surface area contributed by atoms with Crippen LogP contribution in [0.1, 0.15) is 40.1 Å². The molecule has 0 unspecified atom stereocenters. The highest BCUT2D eigenvalue weighted by Gasteiger charge is 2.45. The highest BCUT2D eigenvalue weighted by molar-refractivity contribution is 5.96. The van der Waals surface area contributed by atoms with Gasteiger partial charge in [-0.3, -0.25) is 9.59 Å². The zero-order valence-corrected chi connectivity index (χ0v) is 16.7. The number of carbonyl (C=O) groups excluding carboxylic acids is 2. The van der Waals surface area contributed by atoms with Crippen molar-refractivity contribution < 1.29 is 14.0 Å². The molecule has 1 saturated carbocycles. The first-order chi connectivity index (χ1) is 14.7. The lowest BCUT2D eigenvalue weighted by atomic mass is 9.92. The Morgan fingerprint density at radius 3 is 2.40 bits per heavy atom. The first kappa shape index (κ1) is 18.7. The number of hydrogen-bond donors (Lipinski definition) is 1. The van der Waals surface area contributed by atoms with Crippen molar-refractivity contribution in [3.63, 3.8) is 0 Å². The van der Waals surface area contributed by atoms with E-state index in [1.807, 2.05) is 42.5 Å². The number of rotatable bonds is 5. The van der Waals surface area contributed by atoms with Crippen LogP contribution in [0.4, 0.5) is 0 Å². The van der Waals surface area contributed by atoms with Gasteiger partial charge in [0.25, 0.3) is 5.91 Å². The maximum atomic E-state index is 13.3. The summed E-state index contributed by atoms with van der Waals surface area (Å²) in [5.41, 5.74) is 3.48. The van der Waals surface area contributed by atoms with E-state index in [4.69, 9.17) is 4.42 Å². The Balaban J connectivity index is 1.36. The van der Waals surface area contributed by atoms with Crippen LogP contribution >= 0.6 is 0 Å². The van der Waals surface area contributed by atoms with Gasteiger partial charge in [0.05, 0.1) is 6.26 Å². The zero-order chi connectivity index (χ0) is 20.6. The molecule has 1 aliphatic heterocycles. The monoisotopic (exact) mass is 400 g/mol. The van der Waals surface area contributed by atoms with Crippen LogP contribution in [0.25, 0.3) is 0 Å². The standard InChI is InChI=1S/C25H24N2O3/c28-23(26-17-25(12-13-25)20-9-2-1-3-10-20)21-15-18-7-4-5-8-19(18)16-27(21)24(29)22-11-6-14-30-22/h1-11,14,21H,12-13,15-17H2,(H,26,28)/t21-/m0/s1. The Kier molecular flexibility index (Phi) is 4.66. The molecule has 0 spiro atoms. The number of hydrogen-bond acceptors (Lipinski definition) is 3. The van der Waals surface area contributed by atoms with E-state index in [0.29, 0.717) is 19.5 Å². The number of nitrogens with one attached hydrogen (secondary N) is 1. The van der Waals surface area contributed by atoms with Gasteiger partial charge in [0.1, 0.15) is 6.04 Å². The van der Waals surface area contributed by atoms with Crippen LogP contribution in [-0.2, 0) is 23.2 Å². The van der Waals surface area contributed by atoms with Crippen molar-refractivity contribution in [3.8, 4) is 0 Å². The van der Waals surface area contributed by atoms with Crippen molar-refractivity contribution in [1.29, 1.82) is 0 Å². The summed E-state index contributed by atoms with van der Waals surface area (Å²) in [5.74, 6) is -0.0967. The molecule has 5 rings (SSSR count). The molecule has 2 aliphatic rings. The summed E-state index contributed by atoms with van der Waals surface area (Å²) in [4.78, 5) is 28.0. The molecule has 1 aromatic heterocycles. The van der Waals surface area contributed by atoms with Gasteiger partial charge in [0, 0.05) is 24.9 Å². The quantitative estimate of drug-likeness (QED) is 0.710. The predicted molar refractivity (Wildman–Crippen MR) is 113 cm³/mol. The van der Waals surface area contributed by atoms with Gasteiger partial charge in [-0.15, -0.1) is 0 Å². The van der Waals surface area contributed by atoms with Gasteiger partial charge in [-0.05, 0) is 41.7 Å². The van der Waals surface area contributed by atoms with Crippen molar-refractivity contribution in [1.82, 2.24) is 10.2 Å². The van der Waals surface area contributed by atoms with Crippen molar-refractivity contribution in [2.24, 2.45) is 0 Å². The molecule has 2 amide bonds. The summed E-state index contributed by atoms with van der Waals surface area (Å²) >= 11 is 0. The third-order valence-electron chi connectivity index (χ3n) is 6.38. The molecule has 1 fully saturated rings. The summed E-state index contributed by atoms with van der Waals surface area (Å²) in [6.07, 6.45) is 4.13. The Labute approximate surface area is 175 Å². The Morgan fingerprint density at radius 1 is 0.967 bits per heavy atom. The lowest BCUT2D eigenvalue weighted by Gasteiger charge is -2.35.